The van der Waals surface area contributed by atoms with E-state index in [0.29, 0.717) is 6.61 Å². The molecule has 0 aromatic heterocycles. The summed E-state index contributed by atoms with van der Waals surface area (Å²) < 4.78 is 0. The molecule has 0 heterocycles. The van der Waals surface area contributed by atoms with Crippen LogP contribution >= 0.6 is 11.8 Å². The molecule has 0 unspecified atom stereocenters. The van der Waals surface area contributed by atoms with Crippen LogP contribution in [0.4, 0.5) is 0 Å². The predicted octanol–water partition coefficient (Wildman–Crippen LogP) is 3.44. The van der Waals surface area contributed by atoms with Crippen molar-refractivity contribution in [2.24, 2.45) is 0 Å². The quantitative estimate of drug-likeness (QED) is 0.503. The summed E-state index contributed by atoms with van der Waals surface area (Å²) in [6.07, 6.45) is 4.56. The average molecular weight is 267 g/mol. The summed E-state index contributed by atoms with van der Waals surface area (Å²) in [6, 6.07) is 8.78. The fraction of sp³-hybridized carbons (Fsp3) is 0.600. The summed E-state index contributed by atoms with van der Waals surface area (Å²) in [6.45, 7) is 4.44. The summed E-state index contributed by atoms with van der Waals surface area (Å²) in [5, 5.41) is 12.0. The van der Waals surface area contributed by atoms with Crippen molar-refractivity contribution in [1.29, 1.82) is 0 Å². The van der Waals surface area contributed by atoms with E-state index in [4.69, 9.17) is 5.11 Å². The van der Waals surface area contributed by atoms with Gasteiger partial charge in [0.2, 0.25) is 0 Å². The Morgan fingerprint density at radius 1 is 1.17 bits per heavy atom. The van der Waals surface area contributed by atoms with Gasteiger partial charge in [-0.15, -0.1) is 11.8 Å². The normalized spacial score (nSPS) is 10.8. The molecule has 1 aromatic rings. The van der Waals surface area contributed by atoms with Crippen molar-refractivity contribution in [2.45, 2.75) is 44.0 Å². The molecule has 2 nitrogen and oxygen atoms in total. The molecule has 0 atom stereocenters. The summed E-state index contributed by atoms with van der Waals surface area (Å²) >= 11 is 1.94. The minimum atomic E-state index is 0.333. The lowest BCUT2D eigenvalue weighted by atomic mass is 10.2. The number of benzene rings is 1. The van der Waals surface area contributed by atoms with Gasteiger partial charge in [0, 0.05) is 18.0 Å². The number of aliphatic hydroxyl groups is 1. The number of thioether (sulfide) groups is 1. The molecular weight excluding hydrogens is 242 g/mol. The Hall–Kier alpha value is -0.510. The number of unbranched alkanes of at least 4 members (excludes halogenated alkanes) is 3. The summed E-state index contributed by atoms with van der Waals surface area (Å²) in [5.41, 5.74) is 1.36. The third-order valence-electron chi connectivity index (χ3n) is 2.80. The average Bonchev–Trinajstić information content (AvgIpc) is 2.41. The second-order valence-corrected chi connectivity index (χ2v) is 5.58. The Balaban J connectivity index is 2.20. The highest BCUT2D eigenvalue weighted by Gasteiger charge is 1.97. The van der Waals surface area contributed by atoms with Crippen molar-refractivity contribution in [3.8, 4) is 0 Å². The number of aliphatic hydroxyl groups excluding tert-OH is 1. The fourth-order valence-electron chi connectivity index (χ4n) is 1.77. The monoisotopic (exact) mass is 267 g/mol. The molecule has 0 spiro atoms. The fourth-order valence-corrected chi connectivity index (χ4v) is 2.77. The minimum absolute atomic E-state index is 0.333. The zero-order valence-corrected chi connectivity index (χ0v) is 12.1. The first-order valence-corrected chi connectivity index (χ1v) is 7.88. The highest BCUT2D eigenvalue weighted by molar-refractivity contribution is 7.99. The van der Waals surface area contributed by atoms with Crippen LogP contribution in [0.1, 0.15) is 38.2 Å². The van der Waals surface area contributed by atoms with E-state index in [2.05, 4.69) is 36.5 Å². The SMILES string of the molecule is CCNCc1cccc(SCCCCCCO)c1. The smallest absolute Gasteiger partial charge is 0.0431 e. The summed E-state index contributed by atoms with van der Waals surface area (Å²) in [4.78, 5) is 1.37. The number of hydrogen-bond donors (Lipinski definition) is 2. The van der Waals surface area contributed by atoms with Gasteiger partial charge in [0.15, 0.2) is 0 Å². The first kappa shape index (κ1) is 15.5. The third kappa shape index (κ3) is 7.04. The Kier molecular flexibility index (Phi) is 9.00. The van der Waals surface area contributed by atoms with Crippen molar-refractivity contribution in [3.05, 3.63) is 29.8 Å². The second kappa shape index (κ2) is 10.4. The van der Waals surface area contributed by atoms with Crippen LogP contribution in [-0.2, 0) is 6.54 Å². The van der Waals surface area contributed by atoms with Gasteiger partial charge in [0.05, 0.1) is 0 Å². The van der Waals surface area contributed by atoms with Crippen molar-refractivity contribution in [3.63, 3.8) is 0 Å². The highest BCUT2D eigenvalue weighted by atomic mass is 32.2. The van der Waals surface area contributed by atoms with E-state index in [1.165, 1.54) is 29.1 Å². The van der Waals surface area contributed by atoms with Gasteiger partial charge in [0.1, 0.15) is 0 Å². The predicted molar refractivity (Wildman–Crippen MR) is 80.1 cm³/mol. The molecule has 18 heavy (non-hydrogen) atoms. The van der Waals surface area contributed by atoms with E-state index in [9.17, 15) is 0 Å². The lowest BCUT2D eigenvalue weighted by molar-refractivity contribution is 0.283. The van der Waals surface area contributed by atoms with Gasteiger partial charge in [0.25, 0.3) is 0 Å². The molecule has 1 aromatic carbocycles. The van der Waals surface area contributed by atoms with Gasteiger partial charge in [-0.05, 0) is 42.8 Å². The largest absolute Gasteiger partial charge is 0.396 e. The lowest BCUT2D eigenvalue weighted by Gasteiger charge is -2.05. The Morgan fingerprint density at radius 2 is 2.00 bits per heavy atom. The van der Waals surface area contributed by atoms with E-state index in [0.717, 1.165) is 25.9 Å². The van der Waals surface area contributed by atoms with E-state index in [-0.39, 0.29) is 0 Å². The van der Waals surface area contributed by atoms with E-state index < -0.39 is 0 Å². The molecule has 102 valence electrons. The number of nitrogens with one attached hydrogen (secondary N) is 1. The maximum Gasteiger partial charge on any atom is 0.0431 e. The van der Waals surface area contributed by atoms with Crippen LogP contribution in [0.5, 0.6) is 0 Å². The van der Waals surface area contributed by atoms with Gasteiger partial charge in [-0.1, -0.05) is 31.9 Å². The van der Waals surface area contributed by atoms with Crippen LogP contribution in [-0.4, -0.2) is 24.0 Å². The standard InChI is InChI=1S/C15H25NOS/c1-2-16-13-14-8-7-9-15(12-14)18-11-6-4-3-5-10-17/h7-9,12,16-17H,2-6,10-11,13H2,1H3. The van der Waals surface area contributed by atoms with E-state index >= 15 is 0 Å². The molecule has 0 aliphatic rings. The minimum Gasteiger partial charge on any atom is -0.396 e. The second-order valence-electron chi connectivity index (χ2n) is 4.41. The van der Waals surface area contributed by atoms with E-state index in [1.54, 1.807) is 0 Å². The number of rotatable bonds is 10. The molecule has 0 aliphatic carbocycles. The van der Waals surface area contributed by atoms with Crippen LogP contribution in [0.2, 0.25) is 0 Å². The van der Waals surface area contributed by atoms with Gasteiger partial charge >= 0.3 is 0 Å². The van der Waals surface area contributed by atoms with Crippen LogP contribution in [0.3, 0.4) is 0 Å². The molecule has 0 aliphatic heterocycles. The molecule has 0 amide bonds. The number of hydrogen-bond acceptors (Lipinski definition) is 3. The third-order valence-corrected chi connectivity index (χ3v) is 3.88. The summed E-state index contributed by atoms with van der Waals surface area (Å²) in [5.74, 6) is 1.18. The van der Waals surface area contributed by atoms with Crippen LogP contribution in [0.25, 0.3) is 0 Å². The van der Waals surface area contributed by atoms with Crippen molar-refractivity contribution >= 4 is 11.8 Å². The van der Waals surface area contributed by atoms with Crippen molar-refractivity contribution in [2.75, 3.05) is 18.9 Å². The molecule has 0 saturated heterocycles. The van der Waals surface area contributed by atoms with Gasteiger partial charge in [-0.25, -0.2) is 0 Å². The first-order chi connectivity index (χ1) is 8.86. The van der Waals surface area contributed by atoms with Gasteiger partial charge in [-0.3, -0.25) is 0 Å². The Morgan fingerprint density at radius 3 is 2.78 bits per heavy atom. The van der Waals surface area contributed by atoms with E-state index in [1.807, 2.05) is 11.8 Å². The van der Waals surface area contributed by atoms with Crippen molar-refractivity contribution < 1.29 is 5.11 Å². The molecule has 0 fully saturated rings. The molecule has 2 N–H and O–H groups in total. The molecular formula is C15H25NOS. The topological polar surface area (TPSA) is 32.3 Å². The Labute approximate surface area is 115 Å². The molecule has 0 bridgehead atoms. The zero-order valence-electron chi connectivity index (χ0n) is 11.3. The molecule has 3 heteroatoms. The maximum atomic E-state index is 8.69. The van der Waals surface area contributed by atoms with Crippen LogP contribution in [0.15, 0.2) is 29.2 Å². The summed E-state index contributed by atoms with van der Waals surface area (Å²) in [7, 11) is 0. The Bertz CT molecular complexity index is 317. The van der Waals surface area contributed by atoms with Crippen LogP contribution < -0.4 is 5.32 Å². The first-order valence-electron chi connectivity index (χ1n) is 6.90. The molecule has 0 radical (unpaired) electrons. The lowest BCUT2D eigenvalue weighted by Crippen LogP contribution is -2.11. The maximum absolute atomic E-state index is 8.69. The van der Waals surface area contributed by atoms with Gasteiger partial charge in [-0.2, -0.15) is 0 Å². The molecule has 0 saturated carbocycles. The van der Waals surface area contributed by atoms with Crippen LogP contribution in [0, 0.1) is 0 Å². The van der Waals surface area contributed by atoms with Gasteiger partial charge < -0.3 is 10.4 Å². The molecule has 1 rings (SSSR count). The van der Waals surface area contributed by atoms with Crippen molar-refractivity contribution in [1.82, 2.24) is 5.32 Å². The highest BCUT2D eigenvalue weighted by Crippen LogP contribution is 2.21. The zero-order chi connectivity index (χ0) is 13.1.